The zero-order valence-electron chi connectivity index (χ0n) is 22.7. The number of rotatable bonds is 3. The molecule has 2 N–H and O–H groups in total. The van der Waals surface area contributed by atoms with E-state index in [9.17, 15) is 4.79 Å². The number of hydrogen-bond acceptors (Lipinski definition) is 4. The molecule has 2 aromatic rings. The van der Waals surface area contributed by atoms with Crippen LogP contribution in [0, 0.1) is 18.8 Å². The van der Waals surface area contributed by atoms with Gasteiger partial charge in [-0.05, 0) is 68.6 Å². The molecule has 1 aromatic heterocycles. The Kier molecular flexibility index (Phi) is 7.11. The molecule has 1 unspecified atom stereocenters. The molecule has 6 rings (SSSR count). The molecule has 1 saturated carbocycles. The average molecular weight is 501 g/mol. The summed E-state index contributed by atoms with van der Waals surface area (Å²) in [6.45, 7) is 7.66. The van der Waals surface area contributed by atoms with Gasteiger partial charge < -0.3 is 15.5 Å². The van der Waals surface area contributed by atoms with E-state index in [4.69, 9.17) is 4.98 Å². The van der Waals surface area contributed by atoms with Crippen molar-refractivity contribution in [2.24, 2.45) is 11.8 Å². The highest BCUT2D eigenvalue weighted by atomic mass is 16.2. The van der Waals surface area contributed by atoms with E-state index in [-0.39, 0.29) is 11.3 Å². The topological polar surface area (TPSA) is 57.3 Å². The van der Waals surface area contributed by atoms with Gasteiger partial charge in [0, 0.05) is 61.5 Å². The van der Waals surface area contributed by atoms with Gasteiger partial charge in [-0.15, -0.1) is 0 Å². The second-order valence-electron chi connectivity index (χ2n) is 12.4. The lowest BCUT2D eigenvalue weighted by Crippen LogP contribution is -2.56. The van der Waals surface area contributed by atoms with Crippen LogP contribution in [-0.2, 0) is 16.6 Å². The number of piperidine rings is 1. The van der Waals surface area contributed by atoms with E-state index in [0.717, 1.165) is 51.1 Å². The van der Waals surface area contributed by atoms with Gasteiger partial charge in [0.1, 0.15) is 0 Å². The molecule has 5 nitrogen and oxygen atoms in total. The van der Waals surface area contributed by atoms with Crippen molar-refractivity contribution >= 4 is 5.91 Å². The Balaban J connectivity index is 1.32. The summed E-state index contributed by atoms with van der Waals surface area (Å²) in [7, 11) is 0. The highest BCUT2D eigenvalue weighted by Crippen LogP contribution is 2.44. The normalized spacial score (nSPS) is 32.8. The van der Waals surface area contributed by atoms with E-state index in [0.29, 0.717) is 29.8 Å². The van der Waals surface area contributed by atoms with Gasteiger partial charge in [0.2, 0.25) is 5.91 Å². The zero-order valence-corrected chi connectivity index (χ0v) is 22.7. The van der Waals surface area contributed by atoms with Crippen molar-refractivity contribution in [3.8, 4) is 0 Å². The summed E-state index contributed by atoms with van der Waals surface area (Å²) in [5.41, 5.74) is 4.77. The number of carbonyl (C=O) groups excluding carboxylic acids is 1. The van der Waals surface area contributed by atoms with Crippen LogP contribution in [-0.4, -0.2) is 54.1 Å². The number of aromatic nitrogens is 1. The summed E-state index contributed by atoms with van der Waals surface area (Å²) >= 11 is 0. The van der Waals surface area contributed by atoms with Crippen LogP contribution in [0.25, 0.3) is 0 Å². The molecule has 198 valence electrons. The zero-order chi connectivity index (χ0) is 25.4. The fourth-order valence-corrected chi connectivity index (χ4v) is 8.05. The predicted octanol–water partition coefficient (Wildman–Crippen LogP) is 4.74. The van der Waals surface area contributed by atoms with Crippen molar-refractivity contribution < 1.29 is 4.79 Å². The molecule has 5 atom stereocenters. The first kappa shape index (κ1) is 25.1. The van der Waals surface area contributed by atoms with Crippen LogP contribution in [0.15, 0.2) is 42.5 Å². The molecule has 1 aliphatic carbocycles. The molecule has 1 aromatic carbocycles. The van der Waals surface area contributed by atoms with Crippen LogP contribution >= 0.6 is 0 Å². The molecule has 37 heavy (non-hydrogen) atoms. The Morgan fingerprint density at radius 2 is 1.84 bits per heavy atom. The molecule has 1 amide bonds. The highest BCUT2D eigenvalue weighted by Gasteiger charge is 2.52. The Morgan fingerprint density at radius 3 is 2.65 bits per heavy atom. The molecule has 3 fully saturated rings. The summed E-state index contributed by atoms with van der Waals surface area (Å²) in [5.74, 6) is 1.53. The SMILES string of the molecule is Cc1ccc2c(n1)CC(C)NC[C@]21CNC[C@H]1C(=O)N1CC[C@@H](c2ccccc2)C[C@H]1C1CCCCC1. The third-order valence-corrected chi connectivity index (χ3v) is 10.1. The van der Waals surface area contributed by atoms with Gasteiger partial charge in [0.15, 0.2) is 0 Å². The number of hydrogen-bond donors (Lipinski definition) is 2. The molecule has 4 aliphatic rings. The predicted molar refractivity (Wildman–Crippen MR) is 149 cm³/mol. The second kappa shape index (κ2) is 10.5. The number of carbonyl (C=O) groups is 1. The second-order valence-corrected chi connectivity index (χ2v) is 12.4. The van der Waals surface area contributed by atoms with Crippen LogP contribution in [0.1, 0.15) is 80.3 Å². The first-order chi connectivity index (χ1) is 18.0. The van der Waals surface area contributed by atoms with Crippen LogP contribution in [0.3, 0.4) is 0 Å². The maximum absolute atomic E-state index is 14.7. The summed E-state index contributed by atoms with van der Waals surface area (Å²) in [4.78, 5) is 22.0. The average Bonchev–Trinajstić information content (AvgIpc) is 3.31. The molecule has 3 aliphatic heterocycles. The van der Waals surface area contributed by atoms with E-state index < -0.39 is 0 Å². The van der Waals surface area contributed by atoms with Crippen molar-refractivity contribution in [2.45, 2.75) is 88.6 Å². The third kappa shape index (κ3) is 4.74. The largest absolute Gasteiger partial charge is 0.339 e. The number of nitrogens with one attached hydrogen (secondary N) is 2. The maximum Gasteiger partial charge on any atom is 0.228 e. The van der Waals surface area contributed by atoms with Crippen molar-refractivity contribution in [2.75, 3.05) is 26.2 Å². The number of benzene rings is 1. The van der Waals surface area contributed by atoms with Gasteiger partial charge >= 0.3 is 0 Å². The van der Waals surface area contributed by atoms with E-state index in [1.807, 2.05) is 0 Å². The summed E-state index contributed by atoms with van der Waals surface area (Å²) in [5, 5.41) is 7.45. The molecular weight excluding hydrogens is 456 g/mol. The van der Waals surface area contributed by atoms with Gasteiger partial charge in [-0.2, -0.15) is 0 Å². The highest BCUT2D eigenvalue weighted by molar-refractivity contribution is 5.82. The smallest absolute Gasteiger partial charge is 0.228 e. The Morgan fingerprint density at radius 1 is 1.03 bits per heavy atom. The lowest BCUT2D eigenvalue weighted by molar-refractivity contribution is -0.142. The number of pyridine rings is 1. The van der Waals surface area contributed by atoms with E-state index in [1.54, 1.807) is 0 Å². The standard InChI is InChI=1S/C32H44N4O/c1-22-13-14-27-29(35-22)17-23(2)34-21-32(27)20-33-19-28(32)31(37)36-16-15-26(24-9-5-3-6-10-24)18-30(36)25-11-7-4-8-12-25/h3,5-6,9-10,13-14,23,25-26,28,30,33-34H,4,7-8,11-12,15-21H2,1-2H3/t23?,26-,28+,30+,32-/m1/s1. The molecule has 1 spiro atoms. The van der Waals surface area contributed by atoms with Crippen molar-refractivity contribution in [1.29, 1.82) is 0 Å². The Hall–Kier alpha value is -2.24. The van der Waals surface area contributed by atoms with Crippen molar-refractivity contribution in [3.05, 3.63) is 65.0 Å². The fraction of sp³-hybridized carbons (Fsp3) is 0.625. The maximum atomic E-state index is 14.7. The molecule has 2 saturated heterocycles. The molecular formula is C32H44N4O. The van der Waals surface area contributed by atoms with Gasteiger partial charge in [-0.25, -0.2) is 0 Å². The van der Waals surface area contributed by atoms with Crippen LogP contribution in [0.4, 0.5) is 0 Å². The van der Waals surface area contributed by atoms with Crippen LogP contribution in [0.5, 0.6) is 0 Å². The third-order valence-electron chi connectivity index (χ3n) is 10.1. The van der Waals surface area contributed by atoms with Crippen molar-refractivity contribution in [3.63, 3.8) is 0 Å². The van der Waals surface area contributed by atoms with E-state index in [1.165, 1.54) is 48.9 Å². The van der Waals surface area contributed by atoms with Crippen molar-refractivity contribution in [1.82, 2.24) is 20.5 Å². The van der Waals surface area contributed by atoms with E-state index >= 15 is 0 Å². The molecule has 4 heterocycles. The van der Waals surface area contributed by atoms with Crippen LogP contribution in [0.2, 0.25) is 0 Å². The van der Waals surface area contributed by atoms with Gasteiger partial charge in [-0.1, -0.05) is 55.7 Å². The molecule has 0 bridgehead atoms. The lowest BCUT2D eigenvalue weighted by atomic mass is 9.70. The number of nitrogens with zero attached hydrogens (tertiary/aromatic N) is 2. The minimum absolute atomic E-state index is 0.0482. The van der Waals surface area contributed by atoms with Crippen LogP contribution < -0.4 is 10.6 Å². The minimum atomic E-state index is -0.231. The summed E-state index contributed by atoms with van der Waals surface area (Å²) in [6, 6.07) is 16.2. The quantitative estimate of drug-likeness (QED) is 0.639. The Bertz CT molecular complexity index is 1100. The molecule has 5 heteroatoms. The monoisotopic (exact) mass is 500 g/mol. The number of fused-ring (bicyclic) bond motifs is 2. The first-order valence-corrected chi connectivity index (χ1v) is 14.8. The summed E-state index contributed by atoms with van der Waals surface area (Å²) < 4.78 is 0. The first-order valence-electron chi connectivity index (χ1n) is 14.8. The Labute approximate surface area is 222 Å². The molecule has 0 radical (unpaired) electrons. The van der Waals surface area contributed by atoms with Gasteiger partial charge in [0.25, 0.3) is 0 Å². The van der Waals surface area contributed by atoms with Gasteiger partial charge in [-0.3, -0.25) is 9.78 Å². The number of aryl methyl sites for hydroxylation is 1. The minimum Gasteiger partial charge on any atom is -0.339 e. The van der Waals surface area contributed by atoms with Gasteiger partial charge in [0.05, 0.1) is 5.92 Å². The summed E-state index contributed by atoms with van der Waals surface area (Å²) in [6.07, 6.45) is 9.63. The lowest BCUT2D eigenvalue weighted by Gasteiger charge is -2.47. The number of amides is 1. The fourth-order valence-electron chi connectivity index (χ4n) is 8.05. The van der Waals surface area contributed by atoms with E-state index in [2.05, 4.69) is 71.8 Å². The number of likely N-dealkylation sites (tertiary alicyclic amines) is 1.